The number of amides is 1. The van der Waals surface area contributed by atoms with Crippen molar-refractivity contribution in [1.82, 2.24) is 5.32 Å². The summed E-state index contributed by atoms with van der Waals surface area (Å²) in [7, 11) is 3.16. The summed E-state index contributed by atoms with van der Waals surface area (Å²) in [5.74, 6) is 2.88. The summed E-state index contributed by atoms with van der Waals surface area (Å²) in [5.41, 5.74) is 1.43. The third-order valence-electron chi connectivity index (χ3n) is 4.36. The van der Waals surface area contributed by atoms with Crippen LogP contribution in [0.1, 0.15) is 43.1 Å². The first-order valence-corrected chi connectivity index (χ1v) is 9.87. The molecule has 2 aromatic carbocycles. The van der Waals surface area contributed by atoms with Crippen molar-refractivity contribution in [2.75, 3.05) is 27.4 Å². The van der Waals surface area contributed by atoms with Crippen LogP contribution in [-0.4, -0.2) is 33.3 Å². The van der Waals surface area contributed by atoms with Crippen LogP contribution in [0.3, 0.4) is 0 Å². The molecule has 0 aliphatic rings. The van der Waals surface area contributed by atoms with E-state index in [0.717, 1.165) is 12.0 Å². The molecular formula is C23H31NO5. The molecule has 0 heterocycles. The van der Waals surface area contributed by atoms with Gasteiger partial charge in [0, 0.05) is 12.1 Å². The molecule has 0 saturated heterocycles. The number of methoxy groups -OCH3 is 2. The van der Waals surface area contributed by atoms with Crippen LogP contribution in [0.4, 0.5) is 0 Å². The molecule has 1 N–H and O–H groups in total. The average Bonchev–Trinajstić information content (AvgIpc) is 2.72. The Bertz CT molecular complexity index is 804. The molecule has 0 saturated carbocycles. The molecule has 2 rings (SSSR count). The number of carbonyl (C=O) groups is 1. The topological polar surface area (TPSA) is 66.0 Å². The van der Waals surface area contributed by atoms with Gasteiger partial charge in [-0.1, -0.05) is 19.9 Å². The molecule has 0 aliphatic heterocycles. The second-order valence-electron chi connectivity index (χ2n) is 7.00. The van der Waals surface area contributed by atoms with E-state index in [1.807, 2.05) is 25.1 Å². The molecular weight excluding hydrogens is 370 g/mol. The highest BCUT2D eigenvalue weighted by Gasteiger charge is 2.12. The zero-order chi connectivity index (χ0) is 21.2. The molecule has 0 fully saturated rings. The fraction of sp³-hybridized carbons (Fsp3) is 0.435. The second kappa shape index (κ2) is 11.2. The number of ether oxygens (including phenoxy) is 4. The molecule has 0 bridgehead atoms. The number of benzene rings is 2. The minimum atomic E-state index is -0.190. The molecule has 0 unspecified atom stereocenters. The molecule has 0 aliphatic carbocycles. The average molecular weight is 402 g/mol. The molecule has 158 valence electrons. The van der Waals surface area contributed by atoms with Crippen LogP contribution in [0, 0.1) is 5.92 Å². The Morgan fingerprint density at radius 1 is 0.931 bits per heavy atom. The third-order valence-corrected chi connectivity index (χ3v) is 4.36. The Morgan fingerprint density at radius 3 is 2.24 bits per heavy atom. The predicted octanol–water partition coefficient (Wildman–Crippen LogP) is 4.46. The molecule has 29 heavy (non-hydrogen) atoms. The van der Waals surface area contributed by atoms with E-state index >= 15 is 0 Å². The Hall–Kier alpha value is -2.89. The zero-order valence-corrected chi connectivity index (χ0v) is 17.9. The van der Waals surface area contributed by atoms with Crippen molar-refractivity contribution in [2.45, 2.75) is 33.7 Å². The van der Waals surface area contributed by atoms with Crippen LogP contribution >= 0.6 is 0 Å². The van der Waals surface area contributed by atoms with E-state index in [9.17, 15) is 4.79 Å². The third kappa shape index (κ3) is 6.59. The van der Waals surface area contributed by atoms with E-state index in [1.54, 1.807) is 32.4 Å². The maximum Gasteiger partial charge on any atom is 0.251 e. The fourth-order valence-corrected chi connectivity index (χ4v) is 2.71. The van der Waals surface area contributed by atoms with Gasteiger partial charge < -0.3 is 24.3 Å². The summed E-state index contributed by atoms with van der Waals surface area (Å²) in [6.07, 6.45) is 0.955. The first kappa shape index (κ1) is 22.4. The Balaban J connectivity index is 2.01. The molecule has 0 radical (unpaired) electrons. The Kier molecular flexibility index (Phi) is 8.65. The second-order valence-corrected chi connectivity index (χ2v) is 7.00. The lowest BCUT2D eigenvalue weighted by Crippen LogP contribution is -2.22. The van der Waals surface area contributed by atoms with E-state index < -0.39 is 0 Å². The van der Waals surface area contributed by atoms with Gasteiger partial charge in [0.1, 0.15) is 0 Å². The lowest BCUT2D eigenvalue weighted by atomic mass is 10.1. The number of hydrogen-bond acceptors (Lipinski definition) is 5. The van der Waals surface area contributed by atoms with Crippen LogP contribution in [0.2, 0.25) is 0 Å². The molecule has 1 amide bonds. The summed E-state index contributed by atoms with van der Waals surface area (Å²) in [6.45, 7) is 7.76. The summed E-state index contributed by atoms with van der Waals surface area (Å²) >= 11 is 0. The Morgan fingerprint density at radius 2 is 1.59 bits per heavy atom. The first-order chi connectivity index (χ1) is 14.0. The highest BCUT2D eigenvalue weighted by molar-refractivity contribution is 5.94. The zero-order valence-electron chi connectivity index (χ0n) is 17.9. The lowest BCUT2D eigenvalue weighted by Gasteiger charge is -2.14. The van der Waals surface area contributed by atoms with Gasteiger partial charge in [-0.3, -0.25) is 4.79 Å². The van der Waals surface area contributed by atoms with Crippen molar-refractivity contribution >= 4 is 5.91 Å². The molecule has 0 aromatic heterocycles. The minimum Gasteiger partial charge on any atom is -0.493 e. The quantitative estimate of drug-likeness (QED) is 0.602. The lowest BCUT2D eigenvalue weighted by molar-refractivity contribution is 0.0950. The largest absolute Gasteiger partial charge is 0.493 e. The fourth-order valence-electron chi connectivity index (χ4n) is 2.71. The van der Waals surface area contributed by atoms with Crippen LogP contribution in [0.25, 0.3) is 0 Å². The summed E-state index contributed by atoms with van der Waals surface area (Å²) < 4.78 is 22.0. The van der Waals surface area contributed by atoms with Crippen molar-refractivity contribution in [1.29, 1.82) is 0 Å². The maximum atomic E-state index is 12.6. The predicted molar refractivity (Wildman–Crippen MR) is 113 cm³/mol. The number of rotatable bonds is 11. The van der Waals surface area contributed by atoms with Crippen LogP contribution in [0.5, 0.6) is 23.0 Å². The van der Waals surface area contributed by atoms with E-state index in [4.69, 9.17) is 18.9 Å². The molecule has 6 nitrogen and oxygen atoms in total. The van der Waals surface area contributed by atoms with E-state index in [1.165, 1.54) is 0 Å². The van der Waals surface area contributed by atoms with Gasteiger partial charge in [0.15, 0.2) is 23.0 Å². The molecule has 6 heteroatoms. The van der Waals surface area contributed by atoms with Crippen LogP contribution in [-0.2, 0) is 6.54 Å². The van der Waals surface area contributed by atoms with E-state index in [-0.39, 0.29) is 5.91 Å². The van der Waals surface area contributed by atoms with Gasteiger partial charge in [0.25, 0.3) is 5.91 Å². The van der Waals surface area contributed by atoms with E-state index in [0.29, 0.717) is 54.2 Å². The van der Waals surface area contributed by atoms with Gasteiger partial charge >= 0.3 is 0 Å². The van der Waals surface area contributed by atoms with Gasteiger partial charge in [-0.05, 0) is 55.2 Å². The smallest absolute Gasteiger partial charge is 0.251 e. The molecule has 0 spiro atoms. The van der Waals surface area contributed by atoms with Gasteiger partial charge in [0.2, 0.25) is 0 Å². The summed E-state index contributed by atoms with van der Waals surface area (Å²) in [4.78, 5) is 12.6. The summed E-state index contributed by atoms with van der Waals surface area (Å²) in [5, 5.41) is 2.92. The van der Waals surface area contributed by atoms with Crippen molar-refractivity contribution in [3.63, 3.8) is 0 Å². The number of nitrogens with one attached hydrogen (secondary N) is 1. The van der Waals surface area contributed by atoms with Crippen LogP contribution in [0.15, 0.2) is 36.4 Å². The SMILES string of the molecule is CCOc1ccc(CNC(=O)c2ccc(OCCC(C)C)c(OC)c2)cc1OC. The standard InChI is InChI=1S/C23H31NO5/c1-6-28-19-9-7-17(13-21(19)26-4)15-24-23(25)18-8-10-20(22(14-18)27-5)29-12-11-16(2)3/h7-10,13-14,16H,6,11-12,15H2,1-5H3,(H,24,25). The Labute approximate surface area is 173 Å². The molecule has 2 aromatic rings. The maximum absolute atomic E-state index is 12.6. The number of hydrogen-bond donors (Lipinski definition) is 1. The van der Waals surface area contributed by atoms with E-state index in [2.05, 4.69) is 19.2 Å². The summed E-state index contributed by atoms with van der Waals surface area (Å²) in [6, 6.07) is 10.8. The van der Waals surface area contributed by atoms with Crippen molar-refractivity contribution in [3.05, 3.63) is 47.5 Å². The van der Waals surface area contributed by atoms with Crippen molar-refractivity contribution in [2.24, 2.45) is 5.92 Å². The molecule has 0 atom stereocenters. The number of carbonyl (C=O) groups excluding carboxylic acids is 1. The van der Waals surface area contributed by atoms with Gasteiger partial charge in [0.05, 0.1) is 27.4 Å². The van der Waals surface area contributed by atoms with Gasteiger partial charge in [-0.2, -0.15) is 0 Å². The van der Waals surface area contributed by atoms with Crippen molar-refractivity contribution in [3.8, 4) is 23.0 Å². The minimum absolute atomic E-state index is 0.190. The monoisotopic (exact) mass is 401 g/mol. The van der Waals surface area contributed by atoms with Crippen molar-refractivity contribution < 1.29 is 23.7 Å². The van der Waals surface area contributed by atoms with Gasteiger partial charge in [-0.15, -0.1) is 0 Å². The first-order valence-electron chi connectivity index (χ1n) is 9.87. The highest BCUT2D eigenvalue weighted by atomic mass is 16.5. The van der Waals surface area contributed by atoms with Crippen LogP contribution < -0.4 is 24.3 Å². The normalized spacial score (nSPS) is 10.6. The van der Waals surface area contributed by atoms with Gasteiger partial charge in [-0.25, -0.2) is 0 Å². The highest BCUT2D eigenvalue weighted by Crippen LogP contribution is 2.29.